The molecule has 218 valence electrons. The summed E-state index contributed by atoms with van der Waals surface area (Å²) >= 11 is 6.15. The number of fused-ring (bicyclic) bond motifs is 1. The van der Waals surface area contributed by atoms with Crippen molar-refractivity contribution in [3.05, 3.63) is 94.1 Å². The Labute approximate surface area is 252 Å². The summed E-state index contributed by atoms with van der Waals surface area (Å²) in [6.07, 6.45) is 6.25. The maximum absolute atomic E-state index is 15.2. The van der Waals surface area contributed by atoms with E-state index in [1.165, 1.54) is 5.69 Å². The Morgan fingerprint density at radius 3 is 2.54 bits per heavy atom. The topological polar surface area (TPSA) is 58.9 Å². The summed E-state index contributed by atoms with van der Waals surface area (Å²) < 4.78 is 22.7. The van der Waals surface area contributed by atoms with Gasteiger partial charge >= 0.3 is 0 Å². The van der Waals surface area contributed by atoms with E-state index in [0.717, 1.165) is 62.3 Å². The van der Waals surface area contributed by atoms with Crippen LogP contribution in [0.3, 0.4) is 0 Å². The maximum Gasteiger partial charge on any atom is 0.270 e. The van der Waals surface area contributed by atoms with Crippen LogP contribution in [0.4, 0.5) is 10.1 Å². The molecule has 1 aliphatic heterocycles. The van der Waals surface area contributed by atoms with Crippen LogP contribution < -0.4 is 15.0 Å². The first-order valence-corrected chi connectivity index (χ1v) is 14.6. The van der Waals surface area contributed by atoms with Crippen LogP contribution in [0.1, 0.15) is 72.8 Å². The molecule has 1 aliphatic rings. The van der Waals surface area contributed by atoms with Crippen molar-refractivity contribution < 1.29 is 13.9 Å². The Kier molecular flexibility index (Phi) is 10.5. The molecular weight excluding hydrogens is 562 g/mol. The van der Waals surface area contributed by atoms with E-state index < -0.39 is 0 Å². The van der Waals surface area contributed by atoms with Gasteiger partial charge in [0.15, 0.2) is 0 Å². The quantitative estimate of drug-likeness (QED) is 0.191. The Morgan fingerprint density at radius 2 is 1.85 bits per heavy atom. The van der Waals surface area contributed by atoms with Crippen LogP contribution in [0, 0.1) is 5.82 Å². The molecular formula is C32H37Cl2FN4O2. The van der Waals surface area contributed by atoms with Crippen LogP contribution >= 0.6 is 24.0 Å². The number of pyridine rings is 1. The molecule has 0 saturated carbocycles. The summed E-state index contributed by atoms with van der Waals surface area (Å²) in [7, 11) is 0. The van der Waals surface area contributed by atoms with Gasteiger partial charge in [-0.25, -0.2) is 9.37 Å². The minimum Gasteiger partial charge on any atom is -0.494 e. The first-order valence-electron chi connectivity index (χ1n) is 14.2. The van der Waals surface area contributed by atoms with Crippen LogP contribution in [0.25, 0.3) is 5.65 Å². The Bertz CT molecular complexity index is 1470. The molecule has 0 unspecified atom stereocenters. The molecule has 9 heteroatoms. The van der Waals surface area contributed by atoms with E-state index in [0.29, 0.717) is 28.5 Å². The molecule has 3 heterocycles. The first-order chi connectivity index (χ1) is 19.5. The van der Waals surface area contributed by atoms with Gasteiger partial charge in [0, 0.05) is 31.5 Å². The summed E-state index contributed by atoms with van der Waals surface area (Å²) in [5.41, 5.74) is 4.47. The Hall–Kier alpha value is -3.29. The average Bonchev–Trinajstić information content (AvgIpc) is 3.34. The van der Waals surface area contributed by atoms with E-state index in [4.69, 9.17) is 16.3 Å². The number of rotatable bonds is 10. The van der Waals surface area contributed by atoms with Gasteiger partial charge in [0.2, 0.25) is 0 Å². The molecule has 5 rings (SSSR count). The number of anilines is 1. The Morgan fingerprint density at radius 1 is 1.10 bits per heavy atom. The largest absolute Gasteiger partial charge is 0.494 e. The molecule has 0 spiro atoms. The van der Waals surface area contributed by atoms with Crippen molar-refractivity contribution in [2.75, 3.05) is 24.6 Å². The number of carbonyl (C=O) groups is 1. The smallest absolute Gasteiger partial charge is 0.270 e. The van der Waals surface area contributed by atoms with Gasteiger partial charge in [0.25, 0.3) is 5.91 Å². The standard InChI is InChI=1S/C32H36ClFN4O2.ClH/c1-3-5-18-40-26-10-8-25(9-11-26)37-16-14-23(15-17-37)27-12-6-22(19-28(27)34)20-35-32(39)31-29(4-2)36-30-13-7-24(33)21-38(30)31;/h6-13,19,21,23H,3-5,14-18,20H2,1-2H3,(H,35,39);1H. The van der Waals surface area contributed by atoms with Crippen molar-refractivity contribution >= 4 is 41.2 Å². The van der Waals surface area contributed by atoms with Crippen molar-refractivity contribution in [1.82, 2.24) is 14.7 Å². The van der Waals surface area contributed by atoms with E-state index >= 15 is 4.39 Å². The molecule has 1 fully saturated rings. The number of amides is 1. The highest BCUT2D eigenvalue weighted by molar-refractivity contribution is 6.30. The lowest BCUT2D eigenvalue weighted by atomic mass is 9.88. The lowest BCUT2D eigenvalue weighted by Crippen LogP contribution is -2.33. The Balaban J connectivity index is 0.00000387. The second-order valence-corrected chi connectivity index (χ2v) is 10.8. The van der Waals surface area contributed by atoms with Gasteiger partial charge < -0.3 is 15.0 Å². The number of halogens is 3. The van der Waals surface area contributed by atoms with Crippen LogP contribution in [-0.4, -0.2) is 35.0 Å². The molecule has 2 aromatic heterocycles. The van der Waals surface area contributed by atoms with Crippen LogP contribution in [0.15, 0.2) is 60.8 Å². The van der Waals surface area contributed by atoms with E-state index in [1.807, 2.05) is 31.2 Å². The third-order valence-corrected chi connectivity index (χ3v) is 7.85. The fourth-order valence-electron chi connectivity index (χ4n) is 5.37. The van der Waals surface area contributed by atoms with Gasteiger partial charge in [-0.3, -0.25) is 9.20 Å². The minimum atomic E-state index is -0.260. The number of hydrogen-bond acceptors (Lipinski definition) is 4. The summed E-state index contributed by atoms with van der Waals surface area (Å²) in [6, 6.07) is 17.2. The van der Waals surface area contributed by atoms with Crippen molar-refractivity contribution in [3.8, 4) is 5.75 Å². The van der Waals surface area contributed by atoms with E-state index in [2.05, 4.69) is 34.3 Å². The molecule has 6 nitrogen and oxygen atoms in total. The fraction of sp³-hybridized carbons (Fsp3) is 0.375. The highest BCUT2D eigenvalue weighted by atomic mass is 35.5. The lowest BCUT2D eigenvalue weighted by Gasteiger charge is -2.34. The molecule has 1 saturated heterocycles. The number of imidazole rings is 1. The third-order valence-electron chi connectivity index (χ3n) is 7.63. The van der Waals surface area contributed by atoms with Crippen LogP contribution in [-0.2, 0) is 13.0 Å². The molecule has 1 N–H and O–H groups in total. The fourth-order valence-corrected chi connectivity index (χ4v) is 5.53. The van der Waals surface area contributed by atoms with Crippen molar-refractivity contribution in [2.24, 2.45) is 0 Å². The molecule has 1 amide bonds. The number of benzene rings is 2. The summed E-state index contributed by atoms with van der Waals surface area (Å²) in [5.74, 6) is 0.601. The zero-order valence-corrected chi connectivity index (χ0v) is 25.1. The number of hydrogen-bond donors (Lipinski definition) is 1. The highest BCUT2D eigenvalue weighted by Gasteiger charge is 2.24. The number of carbonyl (C=O) groups excluding carboxylic acids is 1. The van der Waals surface area contributed by atoms with Crippen molar-refractivity contribution in [3.63, 3.8) is 0 Å². The maximum atomic E-state index is 15.2. The molecule has 4 aromatic rings. The SMILES string of the molecule is CCCCOc1ccc(N2CCC(c3ccc(CNC(=O)c4c(CC)nc5ccc(Cl)cn45)cc3F)CC2)cc1.Cl. The second kappa shape index (κ2) is 14.1. The van der Waals surface area contributed by atoms with Crippen molar-refractivity contribution in [2.45, 2.75) is 58.4 Å². The number of nitrogens with one attached hydrogen (secondary N) is 1. The average molecular weight is 600 g/mol. The molecule has 0 aliphatic carbocycles. The number of nitrogens with zero attached hydrogens (tertiary/aromatic N) is 3. The molecule has 2 aromatic carbocycles. The highest BCUT2D eigenvalue weighted by Crippen LogP contribution is 2.33. The van der Waals surface area contributed by atoms with Gasteiger partial charge in [0.05, 0.1) is 17.3 Å². The van der Waals surface area contributed by atoms with Crippen molar-refractivity contribution in [1.29, 1.82) is 0 Å². The number of ether oxygens (including phenoxy) is 1. The van der Waals surface area contributed by atoms with E-state index in [9.17, 15) is 4.79 Å². The third kappa shape index (κ3) is 7.14. The summed E-state index contributed by atoms with van der Waals surface area (Å²) in [4.78, 5) is 20.0. The monoisotopic (exact) mass is 598 g/mol. The number of aromatic nitrogens is 2. The lowest BCUT2D eigenvalue weighted by molar-refractivity contribution is 0.0944. The molecule has 0 radical (unpaired) electrons. The van der Waals surface area contributed by atoms with E-state index in [1.54, 1.807) is 28.8 Å². The summed E-state index contributed by atoms with van der Waals surface area (Å²) in [5, 5.41) is 3.45. The van der Waals surface area contributed by atoms with Crippen LogP contribution in [0.2, 0.25) is 5.02 Å². The van der Waals surface area contributed by atoms with Gasteiger partial charge in [-0.1, -0.05) is 44.0 Å². The number of aryl methyl sites for hydroxylation is 1. The molecule has 41 heavy (non-hydrogen) atoms. The predicted octanol–water partition coefficient (Wildman–Crippen LogP) is 7.60. The van der Waals surface area contributed by atoms with Gasteiger partial charge in [-0.15, -0.1) is 12.4 Å². The van der Waals surface area contributed by atoms with Gasteiger partial charge in [-0.05, 0) is 85.2 Å². The molecule has 0 bridgehead atoms. The number of piperidine rings is 1. The zero-order valence-electron chi connectivity index (χ0n) is 23.5. The van der Waals surface area contributed by atoms with Crippen LogP contribution in [0.5, 0.6) is 5.75 Å². The molecule has 0 atom stereocenters. The van der Waals surface area contributed by atoms with Gasteiger partial charge in [-0.2, -0.15) is 0 Å². The number of unbranched alkanes of at least 4 members (excludes halogenated alkanes) is 1. The van der Waals surface area contributed by atoms with Gasteiger partial charge in [0.1, 0.15) is 22.9 Å². The summed E-state index contributed by atoms with van der Waals surface area (Å²) in [6.45, 7) is 6.83. The minimum absolute atomic E-state index is 0. The second-order valence-electron chi connectivity index (χ2n) is 10.3. The van der Waals surface area contributed by atoms with E-state index in [-0.39, 0.29) is 36.6 Å². The first kappa shape index (κ1) is 30.7. The zero-order chi connectivity index (χ0) is 28.1. The predicted molar refractivity (Wildman–Crippen MR) is 165 cm³/mol. The normalized spacial score (nSPS) is 13.7.